The minimum absolute atomic E-state index is 0.215. The molecule has 15 heavy (non-hydrogen) atoms. The van der Waals surface area contributed by atoms with Gasteiger partial charge in [-0.2, -0.15) is 0 Å². The average molecular weight is 215 g/mol. The maximum Gasteiger partial charge on any atom is 0.0639 e. The first kappa shape index (κ1) is 12.9. The van der Waals surface area contributed by atoms with Crippen molar-refractivity contribution >= 4 is 0 Å². The number of hydrogen-bond acceptors (Lipinski definition) is 4. The highest BCUT2D eigenvalue weighted by molar-refractivity contribution is 4.79. The topological polar surface area (TPSA) is 52.7 Å². The summed E-state index contributed by atoms with van der Waals surface area (Å²) in [5, 5.41) is 9.33. The van der Waals surface area contributed by atoms with Crippen molar-refractivity contribution in [3.05, 3.63) is 0 Å². The van der Waals surface area contributed by atoms with Crippen LogP contribution in [0.3, 0.4) is 0 Å². The summed E-state index contributed by atoms with van der Waals surface area (Å²) in [7, 11) is 0. The first-order chi connectivity index (χ1) is 7.13. The lowest BCUT2D eigenvalue weighted by Crippen LogP contribution is -2.53. The van der Waals surface area contributed by atoms with Crippen molar-refractivity contribution in [2.45, 2.75) is 32.4 Å². The van der Waals surface area contributed by atoms with Crippen molar-refractivity contribution in [2.24, 2.45) is 5.73 Å². The van der Waals surface area contributed by atoms with E-state index in [2.05, 4.69) is 16.7 Å². The molecule has 0 aromatic carbocycles. The zero-order chi connectivity index (χ0) is 11.3. The van der Waals surface area contributed by atoms with Gasteiger partial charge in [-0.15, -0.1) is 0 Å². The molecular formula is C11H25N3O. The number of aliphatic hydroxyl groups is 1. The number of β-amino-alcohol motifs (C(OH)–C–C–N with tert-alkyl or cyclic N) is 1. The number of hydrogen-bond donors (Lipinski definition) is 2. The van der Waals surface area contributed by atoms with Crippen LogP contribution in [0.5, 0.6) is 0 Å². The molecule has 90 valence electrons. The van der Waals surface area contributed by atoms with E-state index in [4.69, 9.17) is 5.73 Å². The van der Waals surface area contributed by atoms with Crippen LogP contribution in [0.1, 0.15) is 20.3 Å². The highest BCUT2D eigenvalue weighted by atomic mass is 16.3. The predicted molar refractivity (Wildman–Crippen MR) is 62.8 cm³/mol. The van der Waals surface area contributed by atoms with Gasteiger partial charge in [0.15, 0.2) is 0 Å². The first-order valence-corrected chi connectivity index (χ1v) is 5.98. The summed E-state index contributed by atoms with van der Waals surface area (Å²) in [4.78, 5) is 4.83. The Morgan fingerprint density at radius 1 is 1.47 bits per heavy atom. The molecule has 0 saturated carbocycles. The lowest BCUT2D eigenvalue weighted by atomic mass is 10.1. The molecule has 1 fully saturated rings. The van der Waals surface area contributed by atoms with E-state index in [0.29, 0.717) is 6.04 Å². The molecule has 0 spiro atoms. The maximum atomic E-state index is 9.33. The van der Waals surface area contributed by atoms with Crippen molar-refractivity contribution in [1.29, 1.82) is 0 Å². The molecule has 1 saturated heterocycles. The Labute approximate surface area is 93.0 Å². The van der Waals surface area contributed by atoms with Crippen LogP contribution >= 0.6 is 0 Å². The minimum Gasteiger partial charge on any atom is -0.392 e. The van der Waals surface area contributed by atoms with Gasteiger partial charge in [-0.3, -0.25) is 9.80 Å². The lowest BCUT2D eigenvalue weighted by Gasteiger charge is -2.40. The number of rotatable bonds is 5. The second kappa shape index (κ2) is 6.43. The van der Waals surface area contributed by atoms with E-state index in [-0.39, 0.29) is 6.10 Å². The second-order valence-corrected chi connectivity index (χ2v) is 4.64. The number of nitrogens with two attached hydrogens (primary N) is 1. The van der Waals surface area contributed by atoms with Crippen molar-refractivity contribution in [2.75, 3.05) is 39.3 Å². The normalized spacial score (nSPS) is 26.8. The Morgan fingerprint density at radius 3 is 2.73 bits per heavy atom. The molecule has 0 bridgehead atoms. The van der Waals surface area contributed by atoms with Gasteiger partial charge in [0.05, 0.1) is 6.10 Å². The molecule has 0 aromatic rings. The van der Waals surface area contributed by atoms with Gasteiger partial charge in [0.2, 0.25) is 0 Å². The van der Waals surface area contributed by atoms with Gasteiger partial charge >= 0.3 is 0 Å². The van der Waals surface area contributed by atoms with Crippen LogP contribution in [0, 0.1) is 0 Å². The van der Waals surface area contributed by atoms with Crippen LogP contribution in [-0.2, 0) is 0 Å². The first-order valence-electron chi connectivity index (χ1n) is 5.98. The monoisotopic (exact) mass is 215 g/mol. The Morgan fingerprint density at radius 2 is 2.20 bits per heavy atom. The summed E-state index contributed by atoms with van der Waals surface area (Å²) in [6, 6.07) is 0.587. The quantitative estimate of drug-likeness (QED) is 0.662. The van der Waals surface area contributed by atoms with Crippen LogP contribution < -0.4 is 5.73 Å². The molecule has 1 rings (SSSR count). The Balaban J connectivity index is 2.27. The van der Waals surface area contributed by atoms with Gasteiger partial charge in [-0.1, -0.05) is 0 Å². The fourth-order valence-electron chi connectivity index (χ4n) is 2.24. The molecule has 0 aliphatic carbocycles. The molecule has 3 N–H and O–H groups in total. The smallest absolute Gasteiger partial charge is 0.0639 e. The molecule has 0 aromatic heterocycles. The largest absolute Gasteiger partial charge is 0.392 e. The van der Waals surface area contributed by atoms with E-state index in [9.17, 15) is 5.11 Å². The molecule has 4 nitrogen and oxygen atoms in total. The SMILES string of the molecule is CC(O)CN1CCN(CCCN)C(C)C1. The minimum atomic E-state index is -0.215. The van der Waals surface area contributed by atoms with Crippen molar-refractivity contribution in [3.8, 4) is 0 Å². The fraction of sp³-hybridized carbons (Fsp3) is 1.00. The van der Waals surface area contributed by atoms with Gasteiger partial charge in [-0.05, 0) is 33.4 Å². The molecule has 1 heterocycles. The van der Waals surface area contributed by atoms with Crippen LogP contribution in [0.2, 0.25) is 0 Å². The molecular weight excluding hydrogens is 190 g/mol. The lowest BCUT2D eigenvalue weighted by molar-refractivity contribution is 0.0509. The molecule has 2 unspecified atom stereocenters. The van der Waals surface area contributed by atoms with Gasteiger partial charge in [-0.25, -0.2) is 0 Å². The maximum absolute atomic E-state index is 9.33. The third kappa shape index (κ3) is 4.47. The number of piperazine rings is 1. The summed E-state index contributed by atoms with van der Waals surface area (Å²) in [6.07, 6.45) is 0.869. The van der Waals surface area contributed by atoms with Crippen molar-refractivity contribution in [1.82, 2.24) is 9.80 Å². The molecule has 1 aliphatic rings. The van der Waals surface area contributed by atoms with Gasteiger partial charge < -0.3 is 10.8 Å². The Hall–Kier alpha value is -0.160. The van der Waals surface area contributed by atoms with Crippen LogP contribution in [0.4, 0.5) is 0 Å². The van der Waals surface area contributed by atoms with E-state index in [1.165, 1.54) is 0 Å². The predicted octanol–water partition coefficient (Wildman–Crippen LogP) is -0.278. The summed E-state index contributed by atoms with van der Waals surface area (Å²) in [6.45, 7) is 10.0. The number of aliphatic hydroxyl groups excluding tert-OH is 1. The summed E-state index contributed by atoms with van der Waals surface area (Å²) >= 11 is 0. The molecule has 4 heteroatoms. The van der Waals surface area contributed by atoms with Gasteiger partial charge in [0.1, 0.15) is 0 Å². The van der Waals surface area contributed by atoms with E-state index in [0.717, 1.165) is 45.7 Å². The zero-order valence-corrected chi connectivity index (χ0v) is 10.0. The standard InChI is InChI=1S/C11H25N3O/c1-10-8-13(9-11(2)15)6-7-14(10)5-3-4-12/h10-11,15H,3-9,12H2,1-2H3. The number of nitrogens with zero attached hydrogens (tertiary/aromatic N) is 2. The van der Waals surface area contributed by atoms with Crippen LogP contribution in [-0.4, -0.2) is 66.3 Å². The van der Waals surface area contributed by atoms with Crippen LogP contribution in [0.15, 0.2) is 0 Å². The highest BCUT2D eigenvalue weighted by Gasteiger charge is 2.23. The summed E-state index contributed by atoms with van der Waals surface area (Å²) in [5.74, 6) is 0. The molecule has 1 aliphatic heterocycles. The average Bonchev–Trinajstić information content (AvgIpc) is 2.15. The van der Waals surface area contributed by atoms with Crippen LogP contribution in [0.25, 0.3) is 0 Å². The molecule has 0 amide bonds. The molecule has 0 radical (unpaired) electrons. The van der Waals surface area contributed by atoms with Gasteiger partial charge in [0.25, 0.3) is 0 Å². The van der Waals surface area contributed by atoms with E-state index < -0.39 is 0 Å². The third-order valence-electron chi connectivity index (χ3n) is 3.02. The second-order valence-electron chi connectivity index (χ2n) is 4.64. The van der Waals surface area contributed by atoms with Crippen molar-refractivity contribution < 1.29 is 5.11 Å². The summed E-state index contributed by atoms with van der Waals surface area (Å²) < 4.78 is 0. The zero-order valence-electron chi connectivity index (χ0n) is 10.0. The molecule has 2 atom stereocenters. The third-order valence-corrected chi connectivity index (χ3v) is 3.02. The Kier molecular flexibility index (Phi) is 5.53. The van der Waals surface area contributed by atoms with Crippen molar-refractivity contribution in [3.63, 3.8) is 0 Å². The Bertz CT molecular complexity index is 175. The highest BCUT2D eigenvalue weighted by Crippen LogP contribution is 2.09. The summed E-state index contributed by atoms with van der Waals surface area (Å²) in [5.41, 5.74) is 5.51. The van der Waals surface area contributed by atoms with Gasteiger partial charge in [0, 0.05) is 32.2 Å². The van der Waals surface area contributed by atoms with E-state index in [1.807, 2.05) is 6.92 Å². The van der Waals surface area contributed by atoms with E-state index in [1.54, 1.807) is 0 Å². The fourth-order valence-corrected chi connectivity index (χ4v) is 2.24. The van der Waals surface area contributed by atoms with E-state index >= 15 is 0 Å².